The number of halogens is 2. The van der Waals surface area contributed by atoms with Crippen LogP contribution in [0.2, 0.25) is 5.02 Å². The number of anilines is 2. The van der Waals surface area contributed by atoms with Gasteiger partial charge in [-0.2, -0.15) is 0 Å². The quantitative estimate of drug-likeness (QED) is 0.523. The maximum absolute atomic E-state index is 13.7. The second kappa shape index (κ2) is 8.36. The van der Waals surface area contributed by atoms with E-state index in [9.17, 15) is 9.18 Å². The van der Waals surface area contributed by atoms with Gasteiger partial charge in [0.15, 0.2) is 0 Å². The Morgan fingerprint density at radius 3 is 2.53 bits per heavy atom. The second-order valence-electron chi connectivity index (χ2n) is 7.64. The zero-order chi connectivity index (χ0) is 21.3. The van der Waals surface area contributed by atoms with Crippen LogP contribution >= 0.6 is 11.6 Å². The highest BCUT2D eigenvalue weighted by Gasteiger charge is 2.34. The lowest BCUT2D eigenvalue weighted by molar-refractivity contribution is 0.0975. The van der Waals surface area contributed by atoms with Crippen LogP contribution < -0.4 is 15.0 Å². The molecule has 0 aliphatic carbocycles. The molecule has 1 aliphatic heterocycles. The van der Waals surface area contributed by atoms with Gasteiger partial charge in [-0.1, -0.05) is 49.7 Å². The number of rotatable bonds is 5. The number of nitrogens with one attached hydrogen (secondary N) is 1. The molecule has 0 spiro atoms. The molecule has 154 valence electrons. The van der Waals surface area contributed by atoms with E-state index in [4.69, 9.17) is 16.3 Å². The first-order chi connectivity index (χ1) is 14.4. The van der Waals surface area contributed by atoms with E-state index in [1.807, 2.05) is 42.5 Å². The molecule has 0 saturated heterocycles. The van der Waals surface area contributed by atoms with Crippen LogP contribution in [-0.4, -0.2) is 12.5 Å². The van der Waals surface area contributed by atoms with Gasteiger partial charge >= 0.3 is 0 Å². The van der Waals surface area contributed by atoms with Gasteiger partial charge in [0, 0.05) is 11.4 Å². The number of carbonyl (C=O) groups excluding carboxylic acids is 1. The van der Waals surface area contributed by atoms with Crippen LogP contribution in [0.15, 0.2) is 66.7 Å². The van der Waals surface area contributed by atoms with Crippen molar-refractivity contribution < 1.29 is 13.9 Å². The summed E-state index contributed by atoms with van der Waals surface area (Å²) in [4.78, 5) is 15.0. The first-order valence-corrected chi connectivity index (χ1v) is 10.2. The van der Waals surface area contributed by atoms with Gasteiger partial charge in [-0.3, -0.25) is 9.69 Å². The summed E-state index contributed by atoms with van der Waals surface area (Å²) < 4.78 is 19.5. The van der Waals surface area contributed by atoms with Gasteiger partial charge in [-0.15, -0.1) is 0 Å². The average Bonchev–Trinajstić information content (AvgIpc) is 2.75. The SMILES string of the molecule is CC(C)COc1ccc([C@@H]2Nc3ccccc3C(=O)N2c2ccc(F)c(Cl)c2)cc1. The van der Waals surface area contributed by atoms with Crippen molar-refractivity contribution in [1.29, 1.82) is 0 Å². The van der Waals surface area contributed by atoms with Gasteiger partial charge in [0.1, 0.15) is 17.7 Å². The number of hydrogen-bond acceptors (Lipinski definition) is 3. The highest BCUT2D eigenvalue weighted by molar-refractivity contribution is 6.31. The van der Waals surface area contributed by atoms with E-state index in [0.29, 0.717) is 23.8 Å². The van der Waals surface area contributed by atoms with Crippen molar-refractivity contribution in [2.24, 2.45) is 5.92 Å². The molecule has 1 atom stereocenters. The van der Waals surface area contributed by atoms with E-state index >= 15 is 0 Å². The van der Waals surface area contributed by atoms with Gasteiger partial charge in [-0.05, 0) is 53.9 Å². The number of nitrogens with zero attached hydrogens (tertiary/aromatic N) is 1. The molecule has 4 rings (SSSR count). The van der Waals surface area contributed by atoms with Crippen LogP contribution in [-0.2, 0) is 0 Å². The number of benzene rings is 3. The van der Waals surface area contributed by atoms with Gasteiger partial charge in [0.2, 0.25) is 0 Å². The number of hydrogen-bond donors (Lipinski definition) is 1. The van der Waals surface area contributed by atoms with Crippen molar-refractivity contribution in [3.63, 3.8) is 0 Å². The molecule has 0 saturated carbocycles. The Morgan fingerprint density at radius 2 is 1.83 bits per heavy atom. The third-order valence-electron chi connectivity index (χ3n) is 4.89. The number of para-hydroxylation sites is 1. The third-order valence-corrected chi connectivity index (χ3v) is 5.18. The largest absolute Gasteiger partial charge is 0.493 e. The van der Waals surface area contributed by atoms with Crippen molar-refractivity contribution in [2.45, 2.75) is 20.0 Å². The zero-order valence-electron chi connectivity index (χ0n) is 16.7. The maximum atomic E-state index is 13.7. The van der Waals surface area contributed by atoms with E-state index in [-0.39, 0.29) is 10.9 Å². The fourth-order valence-corrected chi connectivity index (χ4v) is 3.57. The normalized spacial score (nSPS) is 15.7. The van der Waals surface area contributed by atoms with Gasteiger partial charge < -0.3 is 10.1 Å². The van der Waals surface area contributed by atoms with Crippen LogP contribution in [0, 0.1) is 11.7 Å². The van der Waals surface area contributed by atoms with Crippen LogP contribution in [0.5, 0.6) is 5.75 Å². The highest BCUT2D eigenvalue weighted by Crippen LogP contribution is 2.38. The molecule has 3 aromatic carbocycles. The van der Waals surface area contributed by atoms with E-state index in [0.717, 1.165) is 17.0 Å². The predicted octanol–water partition coefficient (Wildman–Crippen LogP) is 6.29. The Bertz CT molecular complexity index is 1070. The molecule has 0 radical (unpaired) electrons. The Labute approximate surface area is 180 Å². The highest BCUT2D eigenvalue weighted by atomic mass is 35.5. The lowest BCUT2D eigenvalue weighted by Crippen LogP contribution is -2.43. The summed E-state index contributed by atoms with van der Waals surface area (Å²) >= 11 is 6.01. The van der Waals surface area contributed by atoms with Crippen molar-refractivity contribution in [1.82, 2.24) is 0 Å². The number of carbonyl (C=O) groups is 1. The molecule has 1 heterocycles. The minimum Gasteiger partial charge on any atom is -0.493 e. The van der Waals surface area contributed by atoms with E-state index in [1.54, 1.807) is 17.0 Å². The van der Waals surface area contributed by atoms with Gasteiger partial charge in [-0.25, -0.2) is 4.39 Å². The van der Waals surface area contributed by atoms with Crippen molar-refractivity contribution in [3.8, 4) is 5.75 Å². The number of amides is 1. The standard InChI is InChI=1S/C24H22ClFN2O2/c1-15(2)14-30-18-10-7-16(8-11-18)23-27-22-6-4-3-5-19(22)24(29)28(23)17-9-12-21(26)20(25)13-17/h3-13,15,23,27H,14H2,1-2H3/t23-/m1/s1. The Morgan fingerprint density at radius 1 is 1.10 bits per heavy atom. The number of fused-ring (bicyclic) bond motifs is 1. The Kier molecular flexibility index (Phi) is 5.64. The molecule has 6 heteroatoms. The van der Waals surface area contributed by atoms with Crippen LogP contribution in [0.25, 0.3) is 0 Å². The molecular formula is C24H22ClFN2O2. The second-order valence-corrected chi connectivity index (χ2v) is 8.05. The Balaban J connectivity index is 1.73. The zero-order valence-corrected chi connectivity index (χ0v) is 17.5. The predicted molar refractivity (Wildman–Crippen MR) is 118 cm³/mol. The monoisotopic (exact) mass is 424 g/mol. The summed E-state index contributed by atoms with van der Waals surface area (Å²) in [5.74, 6) is 0.488. The van der Waals surface area contributed by atoms with Crippen LogP contribution in [0.1, 0.15) is 35.9 Å². The molecule has 1 amide bonds. The summed E-state index contributed by atoms with van der Waals surface area (Å²) in [6.45, 7) is 4.82. The summed E-state index contributed by atoms with van der Waals surface area (Å²) in [7, 11) is 0. The molecule has 4 nitrogen and oxygen atoms in total. The molecule has 1 aliphatic rings. The minimum atomic E-state index is -0.526. The van der Waals surface area contributed by atoms with Crippen LogP contribution in [0.3, 0.4) is 0 Å². The third kappa shape index (κ3) is 3.98. The average molecular weight is 425 g/mol. The topological polar surface area (TPSA) is 41.6 Å². The molecule has 0 fully saturated rings. The lowest BCUT2D eigenvalue weighted by Gasteiger charge is -2.38. The first-order valence-electron chi connectivity index (χ1n) is 9.81. The summed E-state index contributed by atoms with van der Waals surface area (Å²) in [6, 6.07) is 19.3. The minimum absolute atomic E-state index is 0.0321. The van der Waals surface area contributed by atoms with E-state index in [1.165, 1.54) is 12.1 Å². The van der Waals surface area contributed by atoms with Crippen molar-refractivity contribution >= 4 is 28.9 Å². The van der Waals surface area contributed by atoms with Gasteiger partial charge in [0.05, 0.1) is 17.2 Å². The molecule has 1 N–H and O–H groups in total. The lowest BCUT2D eigenvalue weighted by atomic mass is 10.0. The first kappa shape index (κ1) is 20.2. The smallest absolute Gasteiger partial charge is 0.262 e. The fraction of sp³-hybridized carbons (Fsp3) is 0.208. The molecule has 30 heavy (non-hydrogen) atoms. The van der Waals surface area contributed by atoms with Crippen LogP contribution in [0.4, 0.5) is 15.8 Å². The maximum Gasteiger partial charge on any atom is 0.262 e. The Hall–Kier alpha value is -3.05. The van der Waals surface area contributed by atoms with Gasteiger partial charge in [0.25, 0.3) is 5.91 Å². The summed E-state index contributed by atoms with van der Waals surface area (Å²) in [5, 5.41) is 3.39. The van der Waals surface area contributed by atoms with E-state index in [2.05, 4.69) is 19.2 Å². The number of ether oxygens (including phenoxy) is 1. The summed E-state index contributed by atoms with van der Waals surface area (Å²) in [6.07, 6.45) is -0.479. The van der Waals surface area contributed by atoms with Crippen molar-refractivity contribution in [2.75, 3.05) is 16.8 Å². The summed E-state index contributed by atoms with van der Waals surface area (Å²) in [5.41, 5.74) is 2.68. The molecule has 0 aromatic heterocycles. The fourth-order valence-electron chi connectivity index (χ4n) is 3.40. The molecular weight excluding hydrogens is 403 g/mol. The van der Waals surface area contributed by atoms with Crippen molar-refractivity contribution in [3.05, 3.63) is 88.7 Å². The molecule has 0 bridgehead atoms. The molecule has 0 unspecified atom stereocenters. The molecule has 3 aromatic rings. The van der Waals surface area contributed by atoms with E-state index < -0.39 is 12.0 Å².